The number of allylic oxidation sites excluding steroid dienone is 6. The van der Waals surface area contributed by atoms with Gasteiger partial charge in [-0.1, -0.05) is 42.9 Å². The van der Waals surface area contributed by atoms with Crippen molar-refractivity contribution >= 4 is 17.2 Å². The molecule has 0 saturated carbocycles. The third-order valence-electron chi connectivity index (χ3n) is 4.86. The van der Waals surface area contributed by atoms with E-state index in [0.29, 0.717) is 5.96 Å². The van der Waals surface area contributed by atoms with Crippen LogP contribution in [-0.2, 0) is 0 Å². The van der Waals surface area contributed by atoms with Gasteiger partial charge in [-0.05, 0) is 55.5 Å². The molecule has 0 unspecified atom stereocenters. The van der Waals surface area contributed by atoms with E-state index in [4.69, 9.17) is 0 Å². The Morgan fingerprint density at radius 3 is 2.90 bits per heavy atom. The zero-order chi connectivity index (χ0) is 20.3. The van der Waals surface area contributed by atoms with Gasteiger partial charge in [0, 0.05) is 36.7 Å². The normalized spacial score (nSPS) is 15.6. The van der Waals surface area contributed by atoms with Crippen LogP contribution in [0.3, 0.4) is 0 Å². The van der Waals surface area contributed by atoms with Crippen molar-refractivity contribution in [1.29, 1.82) is 0 Å². The highest BCUT2D eigenvalue weighted by molar-refractivity contribution is 5.94. The highest BCUT2D eigenvalue weighted by Crippen LogP contribution is 2.24. The molecule has 3 N–H and O–H groups in total. The van der Waals surface area contributed by atoms with E-state index in [0.717, 1.165) is 44.7 Å². The molecular weight excluding hydrogens is 358 g/mol. The van der Waals surface area contributed by atoms with Crippen molar-refractivity contribution in [3.8, 4) is 12.0 Å². The molecule has 150 valence electrons. The first-order chi connectivity index (χ1) is 14.3. The lowest BCUT2D eigenvalue weighted by molar-refractivity contribution is 0.358. The second kappa shape index (κ2) is 10.8. The fourth-order valence-corrected chi connectivity index (χ4v) is 3.24. The molecule has 5 nitrogen and oxygen atoms in total. The number of nitrogens with one attached hydrogen (secondary N) is 3. The zero-order valence-electron chi connectivity index (χ0n) is 17.0. The van der Waals surface area contributed by atoms with Crippen LogP contribution in [0.2, 0.25) is 0 Å². The van der Waals surface area contributed by atoms with Gasteiger partial charge in [0.1, 0.15) is 0 Å². The van der Waals surface area contributed by atoms with Crippen molar-refractivity contribution in [3.63, 3.8) is 0 Å². The van der Waals surface area contributed by atoms with E-state index in [1.807, 2.05) is 0 Å². The Labute approximate surface area is 174 Å². The first-order valence-corrected chi connectivity index (χ1v) is 10.1. The first-order valence-electron chi connectivity index (χ1n) is 10.1. The van der Waals surface area contributed by atoms with Crippen LogP contribution in [0.5, 0.6) is 0 Å². The van der Waals surface area contributed by atoms with Gasteiger partial charge >= 0.3 is 0 Å². The smallest absolute Gasteiger partial charge is 0.209 e. The Balaban J connectivity index is 1.56. The molecule has 0 amide bonds. The number of hydrogen-bond donors (Lipinski definition) is 3. The van der Waals surface area contributed by atoms with Crippen LogP contribution in [0.15, 0.2) is 72.0 Å². The Kier molecular flexibility index (Phi) is 7.59. The van der Waals surface area contributed by atoms with Gasteiger partial charge in [-0.15, -0.1) is 0 Å². The van der Waals surface area contributed by atoms with Gasteiger partial charge in [-0.3, -0.25) is 0 Å². The third kappa shape index (κ3) is 6.32. The first kappa shape index (κ1) is 20.3. The Hall–Kier alpha value is -3.39. The summed E-state index contributed by atoms with van der Waals surface area (Å²) >= 11 is 0. The monoisotopic (exact) mass is 387 g/mol. The van der Waals surface area contributed by atoms with Gasteiger partial charge in [0.25, 0.3) is 0 Å². The summed E-state index contributed by atoms with van der Waals surface area (Å²) in [5, 5.41) is 9.93. The van der Waals surface area contributed by atoms with E-state index in [2.05, 4.69) is 100 Å². The van der Waals surface area contributed by atoms with Crippen molar-refractivity contribution in [2.24, 2.45) is 4.99 Å². The largest absolute Gasteiger partial charge is 0.372 e. The minimum Gasteiger partial charge on any atom is -0.372 e. The van der Waals surface area contributed by atoms with Gasteiger partial charge in [0.05, 0.1) is 6.67 Å². The van der Waals surface area contributed by atoms with Crippen molar-refractivity contribution < 1.29 is 0 Å². The molecule has 0 atom stereocenters. The number of benzene rings is 1. The molecule has 1 aromatic rings. The highest BCUT2D eigenvalue weighted by Gasteiger charge is 2.09. The Bertz CT molecular complexity index is 878. The second-order valence-electron chi connectivity index (χ2n) is 6.97. The molecule has 0 fully saturated rings. The number of hydrogen-bond acceptors (Lipinski definition) is 3. The molecule has 0 bridgehead atoms. The number of guanidine groups is 1. The minimum atomic E-state index is 0.652. The summed E-state index contributed by atoms with van der Waals surface area (Å²) in [5.74, 6) is 3.42. The van der Waals surface area contributed by atoms with Crippen molar-refractivity contribution in [2.45, 2.75) is 26.2 Å². The number of nitrogens with zero attached hydrogens (tertiary/aromatic N) is 2. The minimum absolute atomic E-state index is 0.652. The summed E-state index contributed by atoms with van der Waals surface area (Å²) in [6, 6.07) is 11.2. The lowest BCUT2D eigenvalue weighted by Crippen LogP contribution is -2.33. The van der Waals surface area contributed by atoms with Crippen LogP contribution in [0.25, 0.3) is 5.57 Å². The van der Waals surface area contributed by atoms with Crippen LogP contribution in [-0.4, -0.2) is 30.6 Å². The summed E-state index contributed by atoms with van der Waals surface area (Å²) in [7, 11) is 0. The van der Waals surface area contributed by atoms with E-state index in [9.17, 15) is 0 Å². The molecule has 0 radical (unpaired) electrons. The zero-order valence-corrected chi connectivity index (χ0v) is 17.0. The van der Waals surface area contributed by atoms with E-state index in [1.165, 1.54) is 22.9 Å². The molecule has 0 spiro atoms. The maximum absolute atomic E-state index is 4.31. The average Bonchev–Trinajstić information content (AvgIpc) is 3.17. The third-order valence-corrected chi connectivity index (χ3v) is 4.86. The van der Waals surface area contributed by atoms with Crippen LogP contribution in [0.1, 0.15) is 31.7 Å². The van der Waals surface area contributed by atoms with Gasteiger partial charge in [-0.25, -0.2) is 0 Å². The molecule has 3 rings (SSSR count). The molecule has 1 aliphatic carbocycles. The molecule has 0 saturated heterocycles. The SMILES string of the molecule is C=CC#C/N=C(\NCCCN1CNC=C1C)Nc1ccc(C2=CC=CCC2)cc1. The molecule has 1 heterocycles. The highest BCUT2D eigenvalue weighted by atomic mass is 15.3. The van der Waals surface area contributed by atoms with Crippen LogP contribution >= 0.6 is 0 Å². The van der Waals surface area contributed by atoms with Crippen LogP contribution < -0.4 is 16.0 Å². The topological polar surface area (TPSA) is 51.7 Å². The van der Waals surface area contributed by atoms with Gasteiger partial charge in [0.2, 0.25) is 5.96 Å². The fourth-order valence-electron chi connectivity index (χ4n) is 3.24. The van der Waals surface area contributed by atoms with Crippen LogP contribution in [0, 0.1) is 12.0 Å². The Morgan fingerprint density at radius 2 is 2.21 bits per heavy atom. The Morgan fingerprint density at radius 1 is 1.34 bits per heavy atom. The number of anilines is 1. The van der Waals surface area contributed by atoms with E-state index in [1.54, 1.807) is 0 Å². The molecular formula is C24H29N5. The summed E-state index contributed by atoms with van der Waals surface area (Å²) in [4.78, 5) is 6.63. The molecule has 2 aliphatic rings. The predicted octanol–water partition coefficient (Wildman–Crippen LogP) is 4.04. The molecule has 29 heavy (non-hydrogen) atoms. The molecule has 1 aliphatic heterocycles. The number of aliphatic imine (C=N–C) groups is 1. The fraction of sp³-hybridized carbons (Fsp3) is 0.292. The average molecular weight is 388 g/mol. The summed E-state index contributed by atoms with van der Waals surface area (Å²) < 4.78 is 0. The maximum atomic E-state index is 4.31. The van der Waals surface area contributed by atoms with Crippen molar-refractivity contribution in [1.82, 2.24) is 15.5 Å². The van der Waals surface area contributed by atoms with E-state index >= 15 is 0 Å². The van der Waals surface area contributed by atoms with E-state index < -0.39 is 0 Å². The lowest BCUT2D eigenvalue weighted by Gasteiger charge is -2.19. The molecule has 1 aromatic carbocycles. The molecule has 5 heteroatoms. The van der Waals surface area contributed by atoms with Crippen molar-refractivity contribution in [3.05, 3.63) is 72.6 Å². The van der Waals surface area contributed by atoms with Gasteiger partial charge < -0.3 is 20.9 Å². The predicted molar refractivity (Wildman–Crippen MR) is 123 cm³/mol. The quantitative estimate of drug-likeness (QED) is 0.298. The van der Waals surface area contributed by atoms with E-state index in [-0.39, 0.29) is 0 Å². The van der Waals surface area contributed by atoms with Crippen molar-refractivity contribution in [2.75, 3.05) is 25.1 Å². The molecule has 0 aromatic heterocycles. The van der Waals surface area contributed by atoms with Gasteiger partial charge in [-0.2, -0.15) is 4.99 Å². The standard InChI is InChI=1S/C24H29N5/c1-3-4-15-26-24(27-16-8-17-29-19-25-18-20(29)2)28-23-13-11-22(12-14-23)21-9-6-5-7-10-21/h3,5-6,9,11-14,18,25H,1,7-8,10,16-17,19H2,2H3,(H2,26,27,28). The summed E-state index contributed by atoms with van der Waals surface area (Å²) in [5.41, 5.74) is 4.90. The second-order valence-corrected chi connectivity index (χ2v) is 6.97. The summed E-state index contributed by atoms with van der Waals surface area (Å²) in [6.45, 7) is 8.42. The lowest BCUT2D eigenvalue weighted by atomic mass is 9.97. The maximum Gasteiger partial charge on any atom is 0.209 e. The van der Waals surface area contributed by atoms with Gasteiger partial charge in [0.15, 0.2) is 0 Å². The van der Waals surface area contributed by atoms with Crippen LogP contribution in [0.4, 0.5) is 5.69 Å². The summed E-state index contributed by atoms with van der Waals surface area (Å²) in [6.07, 6.45) is 13.3. The number of rotatable bonds is 6.